The maximum absolute atomic E-state index is 10.9. The van der Waals surface area contributed by atoms with Crippen molar-refractivity contribution >= 4 is 5.97 Å². The average Bonchev–Trinajstić information content (AvgIpc) is 2.32. The van der Waals surface area contributed by atoms with Crippen LogP contribution in [0.1, 0.15) is 11.1 Å². The van der Waals surface area contributed by atoms with Crippen LogP contribution >= 0.6 is 0 Å². The molecule has 0 aromatic heterocycles. The van der Waals surface area contributed by atoms with Crippen molar-refractivity contribution in [2.24, 2.45) is 0 Å². The molecule has 2 rings (SSSR count). The summed E-state index contributed by atoms with van der Waals surface area (Å²) in [5, 5.41) is 8.92. The molecular weight excluding hydrogens is 224 g/mol. The van der Waals surface area contributed by atoms with Crippen LogP contribution in [-0.2, 0) is 22.6 Å². The van der Waals surface area contributed by atoms with Crippen molar-refractivity contribution in [1.82, 2.24) is 0 Å². The lowest BCUT2D eigenvalue weighted by molar-refractivity contribution is -0.136. The van der Waals surface area contributed by atoms with Crippen molar-refractivity contribution in [2.45, 2.75) is 13.0 Å². The maximum atomic E-state index is 10.9. The molecule has 0 fully saturated rings. The molecule has 17 heavy (non-hydrogen) atoms. The molecule has 0 aliphatic carbocycles. The van der Waals surface area contributed by atoms with Crippen molar-refractivity contribution in [1.29, 1.82) is 0 Å². The fourth-order valence-corrected chi connectivity index (χ4v) is 1.85. The van der Waals surface area contributed by atoms with E-state index in [2.05, 4.69) is 0 Å². The standard InChI is InChI=1S/C12H14O5/c1-15-7-8-2-3-10-12(17-5-4-16-10)9(8)6-11(13)14/h2-3H,4-7H2,1H3,(H,13,14). The lowest BCUT2D eigenvalue weighted by Crippen LogP contribution is -2.18. The molecule has 0 unspecified atom stereocenters. The molecule has 1 aliphatic rings. The summed E-state index contributed by atoms with van der Waals surface area (Å²) in [6, 6.07) is 3.60. The Morgan fingerprint density at radius 1 is 1.41 bits per heavy atom. The Hall–Kier alpha value is -1.75. The van der Waals surface area contributed by atoms with Gasteiger partial charge in [0, 0.05) is 12.7 Å². The second-order valence-corrected chi connectivity index (χ2v) is 3.73. The normalized spacial score (nSPS) is 13.5. The topological polar surface area (TPSA) is 65.0 Å². The molecule has 0 amide bonds. The van der Waals surface area contributed by atoms with Gasteiger partial charge in [-0.2, -0.15) is 0 Å². The van der Waals surface area contributed by atoms with Gasteiger partial charge in [-0.05, 0) is 11.6 Å². The highest BCUT2D eigenvalue weighted by atomic mass is 16.6. The number of carbonyl (C=O) groups is 1. The van der Waals surface area contributed by atoms with Crippen LogP contribution in [0.25, 0.3) is 0 Å². The number of carboxylic acids is 1. The van der Waals surface area contributed by atoms with Gasteiger partial charge in [-0.1, -0.05) is 6.07 Å². The van der Waals surface area contributed by atoms with E-state index in [1.807, 2.05) is 6.07 Å². The zero-order valence-corrected chi connectivity index (χ0v) is 9.56. The van der Waals surface area contributed by atoms with Crippen molar-refractivity contribution < 1.29 is 24.1 Å². The molecule has 5 heteroatoms. The van der Waals surface area contributed by atoms with Crippen LogP contribution in [0.5, 0.6) is 11.5 Å². The third-order valence-electron chi connectivity index (χ3n) is 2.54. The minimum atomic E-state index is -0.898. The molecule has 1 aromatic carbocycles. The molecule has 0 spiro atoms. The first kappa shape index (κ1) is 11.7. The first-order valence-corrected chi connectivity index (χ1v) is 5.33. The highest BCUT2D eigenvalue weighted by Crippen LogP contribution is 2.36. The van der Waals surface area contributed by atoms with Gasteiger partial charge < -0.3 is 19.3 Å². The summed E-state index contributed by atoms with van der Waals surface area (Å²) >= 11 is 0. The number of hydrogen-bond acceptors (Lipinski definition) is 4. The van der Waals surface area contributed by atoms with Crippen molar-refractivity contribution in [3.05, 3.63) is 23.3 Å². The van der Waals surface area contributed by atoms with Gasteiger partial charge in [-0.15, -0.1) is 0 Å². The molecule has 1 heterocycles. The second-order valence-electron chi connectivity index (χ2n) is 3.73. The number of carboxylic acid groups (broad SMARTS) is 1. The third-order valence-corrected chi connectivity index (χ3v) is 2.54. The van der Waals surface area contributed by atoms with Gasteiger partial charge in [0.05, 0.1) is 13.0 Å². The number of methoxy groups -OCH3 is 1. The Morgan fingerprint density at radius 3 is 2.88 bits per heavy atom. The van der Waals surface area contributed by atoms with E-state index in [9.17, 15) is 4.79 Å². The van der Waals surface area contributed by atoms with Gasteiger partial charge in [0.2, 0.25) is 0 Å². The van der Waals surface area contributed by atoms with Crippen LogP contribution in [-0.4, -0.2) is 31.4 Å². The molecule has 0 saturated heterocycles. The van der Waals surface area contributed by atoms with E-state index in [0.29, 0.717) is 36.9 Å². The smallest absolute Gasteiger partial charge is 0.307 e. The SMILES string of the molecule is COCc1ccc2c(c1CC(=O)O)OCCO2. The number of hydrogen-bond donors (Lipinski definition) is 1. The summed E-state index contributed by atoms with van der Waals surface area (Å²) in [6.45, 7) is 1.29. The fourth-order valence-electron chi connectivity index (χ4n) is 1.85. The molecular formula is C12H14O5. The zero-order chi connectivity index (χ0) is 12.3. The summed E-state index contributed by atoms with van der Waals surface area (Å²) in [5.74, 6) is 0.241. The number of ether oxygens (including phenoxy) is 3. The Labute approximate surface area is 98.9 Å². The molecule has 92 valence electrons. The Morgan fingerprint density at radius 2 is 2.18 bits per heavy atom. The van der Waals surface area contributed by atoms with Crippen molar-refractivity contribution in [3.63, 3.8) is 0 Å². The Kier molecular flexibility index (Phi) is 3.49. The van der Waals surface area contributed by atoms with E-state index in [-0.39, 0.29) is 6.42 Å². The minimum absolute atomic E-state index is 0.0920. The highest BCUT2D eigenvalue weighted by molar-refractivity contribution is 5.73. The predicted octanol–water partition coefficient (Wildman–Crippen LogP) is 1.23. The first-order valence-electron chi connectivity index (χ1n) is 5.33. The Bertz CT molecular complexity index is 427. The number of aliphatic carboxylic acids is 1. The van der Waals surface area contributed by atoms with Gasteiger partial charge in [0.25, 0.3) is 0 Å². The van der Waals surface area contributed by atoms with Gasteiger partial charge in [0.1, 0.15) is 13.2 Å². The van der Waals surface area contributed by atoms with Gasteiger partial charge in [-0.25, -0.2) is 0 Å². The lowest BCUT2D eigenvalue weighted by atomic mass is 10.0. The van der Waals surface area contributed by atoms with Crippen molar-refractivity contribution in [3.8, 4) is 11.5 Å². The van der Waals surface area contributed by atoms with Crippen LogP contribution < -0.4 is 9.47 Å². The largest absolute Gasteiger partial charge is 0.486 e. The van der Waals surface area contributed by atoms with E-state index >= 15 is 0 Å². The average molecular weight is 238 g/mol. The van der Waals surface area contributed by atoms with E-state index in [0.717, 1.165) is 5.56 Å². The van der Waals surface area contributed by atoms with Crippen LogP contribution in [0.15, 0.2) is 12.1 Å². The maximum Gasteiger partial charge on any atom is 0.307 e. The number of rotatable bonds is 4. The van der Waals surface area contributed by atoms with Crippen molar-refractivity contribution in [2.75, 3.05) is 20.3 Å². The van der Waals surface area contributed by atoms with E-state index in [1.54, 1.807) is 13.2 Å². The number of fused-ring (bicyclic) bond motifs is 1. The van der Waals surface area contributed by atoms with Crippen LogP contribution in [0.2, 0.25) is 0 Å². The molecule has 1 aromatic rings. The molecule has 0 saturated carbocycles. The van der Waals surface area contributed by atoms with Crippen LogP contribution in [0, 0.1) is 0 Å². The molecule has 0 radical (unpaired) electrons. The van der Waals surface area contributed by atoms with Crippen LogP contribution in [0.4, 0.5) is 0 Å². The molecule has 5 nitrogen and oxygen atoms in total. The fraction of sp³-hybridized carbons (Fsp3) is 0.417. The van der Waals surface area contributed by atoms with E-state index < -0.39 is 5.97 Å². The Balaban J connectivity index is 2.43. The predicted molar refractivity (Wildman–Crippen MR) is 59.5 cm³/mol. The van der Waals surface area contributed by atoms with Gasteiger partial charge in [-0.3, -0.25) is 4.79 Å². The summed E-state index contributed by atoms with van der Waals surface area (Å²) in [4.78, 5) is 10.9. The summed E-state index contributed by atoms with van der Waals surface area (Å²) in [6.07, 6.45) is -0.0920. The molecule has 0 bridgehead atoms. The molecule has 1 aliphatic heterocycles. The van der Waals surface area contributed by atoms with E-state index in [1.165, 1.54) is 0 Å². The van der Waals surface area contributed by atoms with E-state index in [4.69, 9.17) is 19.3 Å². The van der Waals surface area contributed by atoms with Crippen LogP contribution in [0.3, 0.4) is 0 Å². The zero-order valence-electron chi connectivity index (χ0n) is 9.56. The molecule has 1 N–H and O–H groups in total. The highest BCUT2D eigenvalue weighted by Gasteiger charge is 2.20. The summed E-state index contributed by atoms with van der Waals surface area (Å²) in [7, 11) is 1.57. The third kappa shape index (κ3) is 2.50. The first-order chi connectivity index (χ1) is 8.22. The summed E-state index contributed by atoms with van der Waals surface area (Å²) in [5.41, 5.74) is 1.45. The number of benzene rings is 1. The van der Waals surface area contributed by atoms with Gasteiger partial charge in [0.15, 0.2) is 11.5 Å². The molecule has 0 atom stereocenters. The quantitative estimate of drug-likeness (QED) is 0.854. The lowest BCUT2D eigenvalue weighted by Gasteiger charge is -2.22. The minimum Gasteiger partial charge on any atom is -0.486 e. The monoisotopic (exact) mass is 238 g/mol. The summed E-state index contributed by atoms with van der Waals surface area (Å²) < 4.78 is 16.0. The second kappa shape index (κ2) is 5.05. The van der Waals surface area contributed by atoms with Gasteiger partial charge >= 0.3 is 5.97 Å².